The number of aromatic nitrogens is 1. The average Bonchev–Trinajstić information content (AvgIpc) is 2.61. The second kappa shape index (κ2) is 8.76. The molecular formula is C18H24N4O2. The summed E-state index contributed by atoms with van der Waals surface area (Å²) in [6.45, 7) is 6.43. The Kier molecular flexibility index (Phi) is 6.42. The van der Waals surface area contributed by atoms with E-state index in [9.17, 15) is 4.79 Å². The number of nitrogens with zero attached hydrogens (tertiary/aromatic N) is 2. The summed E-state index contributed by atoms with van der Waals surface area (Å²) in [5.74, 6) is 1.62. The van der Waals surface area contributed by atoms with Crippen molar-refractivity contribution in [1.29, 1.82) is 0 Å². The lowest BCUT2D eigenvalue weighted by Gasteiger charge is -2.20. The third-order valence-corrected chi connectivity index (χ3v) is 3.68. The molecule has 0 aliphatic rings. The molecule has 1 heterocycles. The largest absolute Gasteiger partial charge is 0.497 e. The second-order valence-electron chi connectivity index (χ2n) is 5.23. The molecule has 128 valence electrons. The van der Waals surface area contributed by atoms with E-state index in [2.05, 4.69) is 34.4 Å². The van der Waals surface area contributed by atoms with Gasteiger partial charge < -0.3 is 20.3 Å². The number of hydrogen-bond donors (Lipinski definition) is 2. The number of nitrogens with one attached hydrogen (secondary N) is 2. The Morgan fingerprint density at radius 2 is 2.00 bits per heavy atom. The van der Waals surface area contributed by atoms with Crippen LogP contribution in [0.4, 0.5) is 16.3 Å². The zero-order chi connectivity index (χ0) is 17.4. The van der Waals surface area contributed by atoms with Crippen LogP contribution in [0.2, 0.25) is 0 Å². The average molecular weight is 328 g/mol. The van der Waals surface area contributed by atoms with E-state index in [0.29, 0.717) is 18.0 Å². The molecule has 0 saturated heterocycles. The Morgan fingerprint density at radius 1 is 1.21 bits per heavy atom. The minimum atomic E-state index is -0.260. The molecule has 1 aromatic carbocycles. The molecule has 0 spiro atoms. The van der Waals surface area contributed by atoms with E-state index >= 15 is 0 Å². The standard InChI is InChI=1S/C18H24N4O2/c1-4-22(5-2)17-11-14(9-10-19-17)13-20-18(23)21-15-7-6-8-16(12-15)24-3/h6-12H,4-5,13H2,1-3H3,(H2,20,21,23). The highest BCUT2D eigenvalue weighted by Gasteiger charge is 2.06. The monoisotopic (exact) mass is 328 g/mol. The van der Waals surface area contributed by atoms with Gasteiger partial charge in [0.05, 0.1) is 7.11 Å². The predicted octanol–water partition coefficient (Wildman–Crippen LogP) is 3.26. The van der Waals surface area contributed by atoms with Crippen LogP contribution >= 0.6 is 0 Å². The number of anilines is 2. The van der Waals surface area contributed by atoms with Crippen molar-refractivity contribution in [1.82, 2.24) is 10.3 Å². The fourth-order valence-electron chi connectivity index (χ4n) is 2.35. The third-order valence-electron chi connectivity index (χ3n) is 3.68. The van der Waals surface area contributed by atoms with Crippen molar-refractivity contribution in [2.75, 3.05) is 30.4 Å². The number of methoxy groups -OCH3 is 1. The van der Waals surface area contributed by atoms with Gasteiger partial charge in [0.2, 0.25) is 0 Å². The van der Waals surface area contributed by atoms with Crippen molar-refractivity contribution in [3.63, 3.8) is 0 Å². The van der Waals surface area contributed by atoms with Crippen LogP contribution in [0.15, 0.2) is 42.6 Å². The molecule has 2 N–H and O–H groups in total. The molecule has 0 bridgehead atoms. The molecular weight excluding hydrogens is 304 g/mol. The summed E-state index contributed by atoms with van der Waals surface area (Å²) in [7, 11) is 1.59. The smallest absolute Gasteiger partial charge is 0.319 e. The third kappa shape index (κ3) is 4.87. The summed E-state index contributed by atoms with van der Waals surface area (Å²) < 4.78 is 5.14. The lowest BCUT2D eigenvalue weighted by molar-refractivity contribution is 0.251. The molecule has 0 aliphatic heterocycles. The number of pyridine rings is 1. The van der Waals surface area contributed by atoms with E-state index in [1.54, 1.807) is 19.4 Å². The first-order chi connectivity index (χ1) is 11.7. The summed E-state index contributed by atoms with van der Waals surface area (Å²) in [6, 6.07) is 10.9. The van der Waals surface area contributed by atoms with E-state index in [-0.39, 0.29) is 6.03 Å². The van der Waals surface area contributed by atoms with Gasteiger partial charge in [-0.3, -0.25) is 0 Å². The number of rotatable bonds is 7. The molecule has 0 aliphatic carbocycles. The molecule has 0 saturated carbocycles. The minimum absolute atomic E-state index is 0.260. The Morgan fingerprint density at radius 3 is 2.71 bits per heavy atom. The summed E-state index contributed by atoms with van der Waals surface area (Å²) in [5.41, 5.74) is 1.69. The number of ether oxygens (including phenoxy) is 1. The van der Waals surface area contributed by atoms with E-state index < -0.39 is 0 Å². The van der Waals surface area contributed by atoms with E-state index in [0.717, 1.165) is 24.5 Å². The Labute approximate surface area is 142 Å². The zero-order valence-corrected chi connectivity index (χ0v) is 14.4. The Hall–Kier alpha value is -2.76. The van der Waals surface area contributed by atoms with Gasteiger partial charge in [-0.1, -0.05) is 6.07 Å². The number of benzene rings is 1. The van der Waals surface area contributed by atoms with Gasteiger partial charge in [-0.25, -0.2) is 9.78 Å². The maximum atomic E-state index is 12.0. The SMILES string of the molecule is CCN(CC)c1cc(CNC(=O)Nc2cccc(OC)c2)ccn1. The molecule has 2 aromatic rings. The van der Waals surface area contributed by atoms with E-state index in [1.807, 2.05) is 30.3 Å². The fraction of sp³-hybridized carbons (Fsp3) is 0.333. The van der Waals surface area contributed by atoms with Crippen LogP contribution in [0.1, 0.15) is 19.4 Å². The lowest BCUT2D eigenvalue weighted by atomic mass is 10.2. The van der Waals surface area contributed by atoms with Crippen LogP contribution in [0.5, 0.6) is 5.75 Å². The number of carbonyl (C=O) groups is 1. The van der Waals surface area contributed by atoms with Crippen LogP contribution in [0.25, 0.3) is 0 Å². The topological polar surface area (TPSA) is 66.5 Å². The Balaban J connectivity index is 1.92. The first kappa shape index (κ1) is 17.6. The van der Waals surface area contributed by atoms with Gasteiger partial charge in [-0.05, 0) is 43.7 Å². The summed E-state index contributed by atoms with van der Waals surface area (Å²) in [4.78, 5) is 18.6. The van der Waals surface area contributed by atoms with Gasteiger partial charge in [-0.2, -0.15) is 0 Å². The van der Waals surface area contributed by atoms with Crippen molar-refractivity contribution in [3.05, 3.63) is 48.2 Å². The first-order valence-corrected chi connectivity index (χ1v) is 8.05. The maximum Gasteiger partial charge on any atom is 0.319 e. The van der Waals surface area contributed by atoms with Crippen molar-refractivity contribution in [2.24, 2.45) is 0 Å². The van der Waals surface area contributed by atoms with Crippen molar-refractivity contribution >= 4 is 17.5 Å². The molecule has 0 radical (unpaired) electrons. The molecule has 2 rings (SSSR count). The van der Waals surface area contributed by atoms with Gasteiger partial charge >= 0.3 is 6.03 Å². The highest BCUT2D eigenvalue weighted by atomic mass is 16.5. The van der Waals surface area contributed by atoms with Gasteiger partial charge in [0, 0.05) is 37.6 Å². The number of amides is 2. The van der Waals surface area contributed by atoms with Crippen molar-refractivity contribution < 1.29 is 9.53 Å². The van der Waals surface area contributed by atoms with Gasteiger partial charge in [0.25, 0.3) is 0 Å². The highest BCUT2D eigenvalue weighted by molar-refractivity contribution is 5.89. The first-order valence-electron chi connectivity index (χ1n) is 8.05. The number of carbonyl (C=O) groups excluding carboxylic acids is 1. The lowest BCUT2D eigenvalue weighted by Crippen LogP contribution is -2.28. The molecule has 24 heavy (non-hydrogen) atoms. The summed E-state index contributed by atoms with van der Waals surface area (Å²) >= 11 is 0. The maximum absolute atomic E-state index is 12.0. The molecule has 0 unspecified atom stereocenters. The molecule has 2 amide bonds. The van der Waals surface area contributed by atoms with E-state index in [4.69, 9.17) is 4.74 Å². The van der Waals surface area contributed by atoms with Crippen LogP contribution < -0.4 is 20.3 Å². The quantitative estimate of drug-likeness (QED) is 0.819. The fourth-order valence-corrected chi connectivity index (χ4v) is 2.35. The normalized spacial score (nSPS) is 10.1. The molecule has 0 fully saturated rings. The van der Waals surface area contributed by atoms with E-state index in [1.165, 1.54) is 0 Å². The number of urea groups is 1. The molecule has 6 heteroatoms. The van der Waals surface area contributed by atoms with Gasteiger partial charge in [-0.15, -0.1) is 0 Å². The minimum Gasteiger partial charge on any atom is -0.497 e. The van der Waals surface area contributed by atoms with Gasteiger partial charge in [0.1, 0.15) is 11.6 Å². The molecule has 6 nitrogen and oxygen atoms in total. The highest BCUT2D eigenvalue weighted by Crippen LogP contribution is 2.16. The van der Waals surface area contributed by atoms with Crippen LogP contribution in [0.3, 0.4) is 0 Å². The van der Waals surface area contributed by atoms with Crippen LogP contribution in [-0.2, 0) is 6.54 Å². The number of hydrogen-bond acceptors (Lipinski definition) is 4. The van der Waals surface area contributed by atoms with Gasteiger partial charge in [0.15, 0.2) is 0 Å². The predicted molar refractivity (Wildman–Crippen MR) is 96.7 cm³/mol. The second-order valence-corrected chi connectivity index (χ2v) is 5.23. The van der Waals surface area contributed by atoms with Crippen molar-refractivity contribution in [2.45, 2.75) is 20.4 Å². The summed E-state index contributed by atoms with van der Waals surface area (Å²) in [5, 5.41) is 5.64. The van der Waals surface area contributed by atoms with Crippen LogP contribution in [-0.4, -0.2) is 31.2 Å². The van der Waals surface area contributed by atoms with Crippen LogP contribution in [0, 0.1) is 0 Å². The summed E-state index contributed by atoms with van der Waals surface area (Å²) in [6.07, 6.45) is 1.77. The molecule has 0 atom stereocenters. The zero-order valence-electron chi connectivity index (χ0n) is 14.4. The Bertz CT molecular complexity index is 672. The van der Waals surface area contributed by atoms with Crippen molar-refractivity contribution in [3.8, 4) is 5.75 Å². The molecule has 1 aromatic heterocycles.